The van der Waals surface area contributed by atoms with Gasteiger partial charge in [-0.1, -0.05) is 17.8 Å². The molecule has 1 aliphatic carbocycles. The number of anilines is 1. The molecule has 1 N–H and O–H groups in total. The highest BCUT2D eigenvalue weighted by molar-refractivity contribution is 7.99. The zero-order valence-electron chi connectivity index (χ0n) is 14.2. The smallest absolute Gasteiger partial charge is 0.253 e. The van der Waals surface area contributed by atoms with E-state index in [0.29, 0.717) is 10.9 Å². The summed E-state index contributed by atoms with van der Waals surface area (Å²) in [6, 6.07) is 8.14. The summed E-state index contributed by atoms with van der Waals surface area (Å²) in [6.07, 6.45) is 3.45. The molecule has 1 aromatic carbocycles. The number of aryl methyl sites for hydroxylation is 4. The van der Waals surface area contributed by atoms with Crippen LogP contribution in [0.15, 0.2) is 29.4 Å². The van der Waals surface area contributed by atoms with Gasteiger partial charge in [-0.05, 0) is 62.4 Å². The number of rotatable bonds is 4. The van der Waals surface area contributed by atoms with Crippen LogP contribution < -0.4 is 5.32 Å². The molecule has 0 spiro atoms. The summed E-state index contributed by atoms with van der Waals surface area (Å²) >= 11 is 1.32. The minimum Gasteiger partial charge on any atom is -0.325 e. The quantitative estimate of drug-likeness (QED) is 0.730. The second-order valence-electron chi connectivity index (χ2n) is 6.32. The van der Waals surface area contributed by atoms with Crippen LogP contribution >= 0.6 is 11.8 Å². The largest absolute Gasteiger partial charge is 0.325 e. The Hall–Kier alpha value is -2.41. The minimum absolute atomic E-state index is 0.0531. The van der Waals surface area contributed by atoms with Crippen LogP contribution in [-0.4, -0.2) is 31.2 Å². The van der Waals surface area contributed by atoms with Crippen LogP contribution in [0.5, 0.6) is 0 Å². The van der Waals surface area contributed by atoms with Crippen molar-refractivity contribution >= 4 is 29.1 Å². The van der Waals surface area contributed by atoms with E-state index in [9.17, 15) is 4.79 Å². The molecule has 0 saturated heterocycles. The van der Waals surface area contributed by atoms with E-state index >= 15 is 0 Å². The predicted octanol–water partition coefficient (Wildman–Crippen LogP) is 2.96. The van der Waals surface area contributed by atoms with Gasteiger partial charge in [-0.25, -0.2) is 9.50 Å². The highest BCUT2D eigenvalue weighted by Gasteiger charge is 2.13. The lowest BCUT2D eigenvalue weighted by Crippen LogP contribution is -2.14. The molecule has 0 saturated carbocycles. The highest BCUT2D eigenvalue weighted by Crippen LogP contribution is 2.25. The Bertz CT molecular complexity index is 965. The standard InChI is InChI=1S/C18H19N5OS/c1-11-8-12(2)23-17(19-11)21-18(22-23)25-10-16(24)20-15-7-6-13-4-3-5-14(13)9-15/h6-9H,3-5,10H2,1-2H3,(H,20,24). The molecular weight excluding hydrogens is 334 g/mol. The molecule has 1 amide bonds. The molecule has 128 valence electrons. The van der Waals surface area contributed by atoms with Crippen molar-refractivity contribution in [1.82, 2.24) is 19.6 Å². The van der Waals surface area contributed by atoms with Crippen molar-refractivity contribution < 1.29 is 4.79 Å². The van der Waals surface area contributed by atoms with Gasteiger partial charge in [0.15, 0.2) is 0 Å². The summed E-state index contributed by atoms with van der Waals surface area (Å²) in [7, 11) is 0. The van der Waals surface area contributed by atoms with Gasteiger partial charge >= 0.3 is 0 Å². The predicted molar refractivity (Wildman–Crippen MR) is 98.1 cm³/mol. The van der Waals surface area contributed by atoms with E-state index in [4.69, 9.17) is 0 Å². The zero-order valence-corrected chi connectivity index (χ0v) is 15.1. The van der Waals surface area contributed by atoms with Gasteiger partial charge in [0.25, 0.3) is 5.78 Å². The first-order valence-corrected chi connectivity index (χ1v) is 9.32. The maximum Gasteiger partial charge on any atom is 0.253 e. The van der Waals surface area contributed by atoms with Crippen LogP contribution in [0.4, 0.5) is 5.69 Å². The summed E-state index contributed by atoms with van der Waals surface area (Å²) in [6.45, 7) is 3.89. The molecule has 0 aliphatic heterocycles. The molecule has 2 heterocycles. The van der Waals surface area contributed by atoms with Crippen LogP contribution in [-0.2, 0) is 17.6 Å². The Kier molecular flexibility index (Phi) is 4.17. The molecule has 6 nitrogen and oxygen atoms in total. The average Bonchev–Trinajstić information content (AvgIpc) is 3.18. The maximum absolute atomic E-state index is 12.2. The van der Waals surface area contributed by atoms with Crippen LogP contribution in [0.25, 0.3) is 5.78 Å². The first-order valence-electron chi connectivity index (χ1n) is 8.34. The summed E-state index contributed by atoms with van der Waals surface area (Å²) in [4.78, 5) is 21.0. The van der Waals surface area contributed by atoms with E-state index in [2.05, 4.69) is 32.5 Å². The molecule has 25 heavy (non-hydrogen) atoms. The monoisotopic (exact) mass is 353 g/mol. The fourth-order valence-electron chi connectivity index (χ4n) is 3.19. The van der Waals surface area contributed by atoms with E-state index in [1.54, 1.807) is 4.52 Å². The molecule has 0 atom stereocenters. The minimum atomic E-state index is -0.0531. The van der Waals surface area contributed by atoms with Gasteiger partial charge in [-0.15, -0.1) is 5.10 Å². The van der Waals surface area contributed by atoms with Gasteiger partial charge in [0.2, 0.25) is 11.1 Å². The average molecular weight is 353 g/mol. The number of hydrogen-bond donors (Lipinski definition) is 1. The third-order valence-electron chi connectivity index (χ3n) is 4.31. The van der Waals surface area contributed by atoms with E-state index in [1.807, 2.05) is 26.0 Å². The van der Waals surface area contributed by atoms with Gasteiger partial charge in [0.05, 0.1) is 5.75 Å². The normalized spacial score (nSPS) is 13.2. The molecule has 0 fully saturated rings. The molecule has 0 unspecified atom stereocenters. The van der Waals surface area contributed by atoms with Crippen LogP contribution in [0.2, 0.25) is 0 Å². The molecule has 2 aromatic heterocycles. The number of nitrogens with one attached hydrogen (secondary N) is 1. The molecule has 0 radical (unpaired) electrons. The van der Waals surface area contributed by atoms with Crippen LogP contribution in [0.1, 0.15) is 28.9 Å². The number of hydrogen-bond acceptors (Lipinski definition) is 5. The first-order chi connectivity index (χ1) is 12.1. The number of aromatic nitrogens is 4. The van der Waals surface area contributed by atoms with Crippen molar-refractivity contribution in [3.63, 3.8) is 0 Å². The third-order valence-corrected chi connectivity index (χ3v) is 5.15. The van der Waals surface area contributed by atoms with Crippen LogP contribution in [0, 0.1) is 13.8 Å². The lowest BCUT2D eigenvalue weighted by Gasteiger charge is -2.06. The topological polar surface area (TPSA) is 72.2 Å². The van der Waals surface area contributed by atoms with Gasteiger partial charge in [0, 0.05) is 17.1 Å². The van der Waals surface area contributed by atoms with Gasteiger partial charge < -0.3 is 5.32 Å². The molecule has 1 aliphatic rings. The molecule has 3 aromatic rings. The highest BCUT2D eigenvalue weighted by atomic mass is 32.2. The van der Waals surface area contributed by atoms with Crippen molar-refractivity contribution in [3.05, 3.63) is 46.8 Å². The molecule has 7 heteroatoms. The number of amides is 1. The second-order valence-corrected chi connectivity index (χ2v) is 7.26. The number of fused-ring (bicyclic) bond motifs is 2. The zero-order chi connectivity index (χ0) is 17.4. The van der Waals surface area contributed by atoms with Crippen molar-refractivity contribution in [2.24, 2.45) is 0 Å². The number of nitrogens with zero attached hydrogens (tertiary/aromatic N) is 4. The third kappa shape index (κ3) is 3.37. The summed E-state index contributed by atoms with van der Waals surface area (Å²) in [5, 5.41) is 7.92. The second kappa shape index (κ2) is 6.48. The Morgan fingerprint density at radius 1 is 1.20 bits per heavy atom. The van der Waals surface area contributed by atoms with Crippen molar-refractivity contribution in [3.8, 4) is 0 Å². The van der Waals surface area contributed by atoms with E-state index < -0.39 is 0 Å². The van der Waals surface area contributed by atoms with Gasteiger partial charge in [-0.2, -0.15) is 4.98 Å². The van der Waals surface area contributed by atoms with E-state index in [1.165, 1.54) is 29.3 Å². The first kappa shape index (κ1) is 16.1. The van der Waals surface area contributed by atoms with E-state index in [0.717, 1.165) is 29.9 Å². The SMILES string of the molecule is Cc1cc(C)n2nc(SCC(=O)Nc3ccc4c(c3)CCC4)nc2n1. The number of carbonyl (C=O) groups excluding carboxylic acids is 1. The summed E-state index contributed by atoms with van der Waals surface area (Å²) in [5.41, 5.74) is 5.50. The lowest BCUT2D eigenvalue weighted by atomic mass is 10.1. The van der Waals surface area contributed by atoms with E-state index in [-0.39, 0.29) is 11.7 Å². The Balaban J connectivity index is 1.41. The Morgan fingerprint density at radius 3 is 2.92 bits per heavy atom. The fraction of sp³-hybridized carbons (Fsp3) is 0.333. The Morgan fingerprint density at radius 2 is 2.04 bits per heavy atom. The lowest BCUT2D eigenvalue weighted by molar-refractivity contribution is -0.113. The summed E-state index contributed by atoms with van der Waals surface area (Å²) in [5.74, 6) is 0.785. The molecular formula is C18H19N5OS. The van der Waals surface area contributed by atoms with Gasteiger partial charge in [-0.3, -0.25) is 4.79 Å². The van der Waals surface area contributed by atoms with Crippen molar-refractivity contribution in [2.45, 2.75) is 38.3 Å². The van der Waals surface area contributed by atoms with Crippen LogP contribution in [0.3, 0.4) is 0 Å². The number of thioether (sulfide) groups is 1. The number of benzene rings is 1. The molecule has 0 bridgehead atoms. The molecule has 4 rings (SSSR count). The maximum atomic E-state index is 12.2. The fourth-order valence-corrected chi connectivity index (χ4v) is 3.80. The summed E-state index contributed by atoms with van der Waals surface area (Å²) < 4.78 is 1.70. The van der Waals surface area contributed by atoms with Gasteiger partial charge in [0.1, 0.15) is 0 Å². The van der Waals surface area contributed by atoms with Crippen molar-refractivity contribution in [1.29, 1.82) is 0 Å². The number of carbonyl (C=O) groups is 1. The van der Waals surface area contributed by atoms with Crippen molar-refractivity contribution in [2.75, 3.05) is 11.1 Å². The Labute approximate surface area is 150 Å².